The van der Waals surface area contributed by atoms with E-state index in [0.717, 1.165) is 22.7 Å². The van der Waals surface area contributed by atoms with Crippen LogP contribution in [0, 0.1) is 12.7 Å². The molecular formula is C18H14ClFN4O2S2. The highest BCUT2D eigenvalue weighted by Crippen LogP contribution is 2.27. The third-order valence-electron chi connectivity index (χ3n) is 4.08. The molecule has 0 saturated carbocycles. The molecule has 0 unspecified atom stereocenters. The summed E-state index contributed by atoms with van der Waals surface area (Å²) in [5.74, 6) is -0.678. The van der Waals surface area contributed by atoms with Crippen LogP contribution >= 0.6 is 22.9 Å². The molecule has 4 aromatic rings. The lowest BCUT2D eigenvalue weighted by molar-refractivity contribution is 0.579. The van der Waals surface area contributed by atoms with E-state index in [0.29, 0.717) is 16.3 Å². The lowest BCUT2D eigenvalue weighted by Gasteiger charge is -2.08. The van der Waals surface area contributed by atoms with Gasteiger partial charge in [0.05, 0.1) is 27.9 Å². The van der Waals surface area contributed by atoms with Gasteiger partial charge in [-0.25, -0.2) is 27.0 Å². The zero-order valence-corrected chi connectivity index (χ0v) is 16.9. The predicted molar refractivity (Wildman–Crippen MR) is 106 cm³/mol. The van der Waals surface area contributed by atoms with E-state index in [-0.39, 0.29) is 16.5 Å². The monoisotopic (exact) mass is 436 g/mol. The molecule has 0 bridgehead atoms. The fourth-order valence-electron chi connectivity index (χ4n) is 2.76. The second kappa shape index (κ2) is 7.25. The summed E-state index contributed by atoms with van der Waals surface area (Å²) in [6, 6.07) is 12.7. The van der Waals surface area contributed by atoms with Crippen molar-refractivity contribution in [1.29, 1.82) is 0 Å². The number of aromatic nitrogens is 3. The highest BCUT2D eigenvalue weighted by Gasteiger charge is 2.21. The summed E-state index contributed by atoms with van der Waals surface area (Å²) in [5, 5.41) is 4.99. The minimum atomic E-state index is -3.90. The number of imidazole rings is 1. The molecule has 0 aliphatic heterocycles. The molecule has 0 saturated heterocycles. The van der Waals surface area contributed by atoms with Crippen molar-refractivity contribution in [2.45, 2.75) is 18.4 Å². The van der Waals surface area contributed by atoms with Crippen LogP contribution < -0.4 is 4.72 Å². The number of aryl methyl sites for hydroxylation is 1. The molecule has 0 aliphatic rings. The zero-order chi connectivity index (χ0) is 19.9. The molecule has 4 rings (SSSR count). The number of fused-ring (bicyclic) bond motifs is 1. The lowest BCUT2D eigenvalue weighted by atomic mass is 10.1. The molecule has 2 heterocycles. The van der Waals surface area contributed by atoms with Crippen LogP contribution in [0.1, 0.15) is 10.7 Å². The Hall–Kier alpha value is -2.33. The standard InChI is InChI=1S/C18H14ClFN4O2S2/c1-11-23-24-16(17(22-18(24)27-11)12-5-3-2-4-6-12)10-21-28(25,26)13-7-8-15(20)14(19)9-13/h2-9,21H,10H2,1H3. The first-order chi connectivity index (χ1) is 13.3. The third kappa shape index (κ3) is 3.53. The molecule has 10 heteroatoms. The largest absolute Gasteiger partial charge is 0.240 e. The van der Waals surface area contributed by atoms with Crippen LogP contribution in [0.3, 0.4) is 0 Å². The molecule has 2 aromatic carbocycles. The highest BCUT2D eigenvalue weighted by molar-refractivity contribution is 7.89. The average Bonchev–Trinajstić information content (AvgIpc) is 3.19. The Morgan fingerprint density at radius 1 is 1.21 bits per heavy atom. The van der Waals surface area contributed by atoms with E-state index >= 15 is 0 Å². The number of nitrogens with one attached hydrogen (secondary N) is 1. The summed E-state index contributed by atoms with van der Waals surface area (Å²) in [5.41, 5.74) is 2.12. The van der Waals surface area contributed by atoms with Crippen LogP contribution in [-0.2, 0) is 16.6 Å². The van der Waals surface area contributed by atoms with Gasteiger partial charge >= 0.3 is 0 Å². The van der Waals surface area contributed by atoms with Crippen LogP contribution in [0.4, 0.5) is 4.39 Å². The zero-order valence-electron chi connectivity index (χ0n) is 14.6. The Balaban J connectivity index is 1.72. The Labute approximate surface area is 169 Å². The van der Waals surface area contributed by atoms with Gasteiger partial charge in [-0.2, -0.15) is 5.10 Å². The molecule has 0 spiro atoms. The normalized spacial score (nSPS) is 12.0. The predicted octanol–water partition coefficient (Wildman–Crippen LogP) is 4.04. The maximum atomic E-state index is 13.3. The van der Waals surface area contributed by atoms with Crippen LogP contribution in [0.5, 0.6) is 0 Å². The number of hydrogen-bond donors (Lipinski definition) is 1. The minimum absolute atomic E-state index is 0.0358. The summed E-state index contributed by atoms with van der Waals surface area (Å²) in [4.78, 5) is 5.18. The third-order valence-corrected chi connectivity index (χ3v) is 6.59. The molecule has 6 nitrogen and oxygen atoms in total. The van der Waals surface area contributed by atoms with Crippen molar-refractivity contribution in [2.24, 2.45) is 0 Å². The average molecular weight is 437 g/mol. The van der Waals surface area contributed by atoms with E-state index in [4.69, 9.17) is 11.6 Å². The first-order valence-corrected chi connectivity index (χ1v) is 10.9. The van der Waals surface area contributed by atoms with Gasteiger partial charge in [-0.05, 0) is 25.1 Å². The van der Waals surface area contributed by atoms with E-state index in [9.17, 15) is 12.8 Å². The number of nitrogens with zero attached hydrogens (tertiary/aromatic N) is 3. The van der Waals surface area contributed by atoms with E-state index in [1.165, 1.54) is 17.4 Å². The minimum Gasteiger partial charge on any atom is -0.217 e. The lowest BCUT2D eigenvalue weighted by Crippen LogP contribution is -2.24. The summed E-state index contributed by atoms with van der Waals surface area (Å²) in [6.07, 6.45) is 0. The van der Waals surface area contributed by atoms with E-state index in [1.54, 1.807) is 4.52 Å². The maximum Gasteiger partial charge on any atom is 0.240 e. The van der Waals surface area contributed by atoms with Crippen molar-refractivity contribution >= 4 is 37.9 Å². The smallest absolute Gasteiger partial charge is 0.217 e. The van der Waals surface area contributed by atoms with Gasteiger partial charge in [-0.1, -0.05) is 53.3 Å². The molecule has 0 fully saturated rings. The Bertz CT molecular complexity index is 1270. The molecule has 0 radical (unpaired) electrons. The van der Waals surface area contributed by atoms with Gasteiger partial charge in [-0.15, -0.1) is 0 Å². The number of sulfonamides is 1. The molecule has 144 valence electrons. The van der Waals surface area contributed by atoms with Crippen molar-refractivity contribution < 1.29 is 12.8 Å². The van der Waals surface area contributed by atoms with Gasteiger partial charge in [0.2, 0.25) is 15.0 Å². The molecule has 0 aliphatic carbocycles. The number of rotatable bonds is 5. The van der Waals surface area contributed by atoms with Gasteiger partial charge in [0.1, 0.15) is 10.8 Å². The Kier molecular flexibility index (Phi) is 4.92. The Morgan fingerprint density at radius 3 is 2.68 bits per heavy atom. The summed E-state index contributed by atoms with van der Waals surface area (Å²) < 4.78 is 42.8. The fourth-order valence-corrected chi connectivity index (χ4v) is 4.78. The summed E-state index contributed by atoms with van der Waals surface area (Å²) in [7, 11) is -3.90. The van der Waals surface area contributed by atoms with Crippen LogP contribution in [0.2, 0.25) is 5.02 Å². The van der Waals surface area contributed by atoms with E-state index in [2.05, 4.69) is 14.8 Å². The number of halogens is 2. The van der Waals surface area contributed by atoms with Crippen molar-refractivity contribution in [1.82, 2.24) is 19.3 Å². The van der Waals surface area contributed by atoms with Crippen LogP contribution in [-0.4, -0.2) is 23.0 Å². The van der Waals surface area contributed by atoms with Crippen molar-refractivity contribution in [3.8, 4) is 11.3 Å². The van der Waals surface area contributed by atoms with Crippen molar-refractivity contribution in [3.05, 3.63) is 70.1 Å². The van der Waals surface area contributed by atoms with E-state index < -0.39 is 15.8 Å². The van der Waals surface area contributed by atoms with Crippen LogP contribution in [0.15, 0.2) is 53.4 Å². The summed E-state index contributed by atoms with van der Waals surface area (Å²) in [6.45, 7) is 1.82. The van der Waals surface area contributed by atoms with E-state index in [1.807, 2.05) is 37.3 Å². The van der Waals surface area contributed by atoms with Crippen LogP contribution in [0.25, 0.3) is 16.2 Å². The van der Waals surface area contributed by atoms with Gasteiger partial charge in [0, 0.05) is 5.56 Å². The second-order valence-corrected chi connectivity index (χ2v) is 9.32. The number of hydrogen-bond acceptors (Lipinski definition) is 5. The molecule has 2 aromatic heterocycles. The highest BCUT2D eigenvalue weighted by atomic mass is 35.5. The van der Waals surface area contributed by atoms with Crippen molar-refractivity contribution in [3.63, 3.8) is 0 Å². The van der Waals surface area contributed by atoms with Gasteiger partial charge in [0.25, 0.3) is 0 Å². The second-order valence-electron chi connectivity index (χ2n) is 5.99. The topological polar surface area (TPSA) is 76.4 Å². The quantitative estimate of drug-likeness (QED) is 0.512. The molecule has 0 amide bonds. The Morgan fingerprint density at radius 2 is 1.96 bits per heavy atom. The van der Waals surface area contributed by atoms with Gasteiger partial charge in [0.15, 0.2) is 0 Å². The molecular weight excluding hydrogens is 423 g/mol. The molecule has 1 N–H and O–H groups in total. The first kappa shape index (κ1) is 19.0. The maximum absolute atomic E-state index is 13.3. The fraction of sp³-hybridized carbons (Fsp3) is 0.111. The number of benzene rings is 2. The van der Waals surface area contributed by atoms with Gasteiger partial charge in [-0.3, -0.25) is 0 Å². The first-order valence-electron chi connectivity index (χ1n) is 8.20. The van der Waals surface area contributed by atoms with Gasteiger partial charge < -0.3 is 0 Å². The summed E-state index contributed by atoms with van der Waals surface area (Å²) >= 11 is 7.14. The molecule has 28 heavy (non-hydrogen) atoms. The SMILES string of the molecule is Cc1nn2c(CNS(=O)(=O)c3ccc(F)c(Cl)c3)c(-c3ccccc3)nc2s1. The van der Waals surface area contributed by atoms with Crippen molar-refractivity contribution in [2.75, 3.05) is 0 Å². The molecule has 0 atom stereocenters.